The summed E-state index contributed by atoms with van der Waals surface area (Å²) in [7, 11) is 1.64. The van der Waals surface area contributed by atoms with Gasteiger partial charge in [-0.25, -0.2) is 0 Å². The Labute approximate surface area is 162 Å². The van der Waals surface area contributed by atoms with Crippen LogP contribution in [0.25, 0.3) is 0 Å². The van der Waals surface area contributed by atoms with Crippen LogP contribution in [-0.4, -0.2) is 54.8 Å². The summed E-state index contributed by atoms with van der Waals surface area (Å²) in [4.78, 5) is 27.7. The Morgan fingerprint density at radius 3 is 2.41 bits per heavy atom. The summed E-state index contributed by atoms with van der Waals surface area (Å²) < 4.78 is 5.18. The molecule has 1 heterocycles. The molecule has 1 aliphatic rings. The number of piperazine rings is 1. The minimum absolute atomic E-state index is 0.00697. The predicted octanol–water partition coefficient (Wildman–Crippen LogP) is 3.04. The maximum absolute atomic E-state index is 12.5. The van der Waals surface area contributed by atoms with Crippen LogP contribution in [0.2, 0.25) is 0 Å². The Hall–Kier alpha value is -2.74. The molecule has 0 unspecified atom stereocenters. The monoisotopic (exact) mass is 387 g/mol. The largest absolute Gasteiger partial charge is 0.497 e. The van der Waals surface area contributed by atoms with Gasteiger partial charge in [0.2, 0.25) is 5.91 Å². The Balaban J connectivity index is 1.52. The summed E-state index contributed by atoms with van der Waals surface area (Å²) in [6.45, 7) is 2.80. The van der Waals surface area contributed by atoms with Crippen molar-refractivity contribution in [1.82, 2.24) is 4.90 Å². The third kappa shape index (κ3) is 4.71. The van der Waals surface area contributed by atoms with Crippen LogP contribution in [0.15, 0.2) is 53.4 Å². The van der Waals surface area contributed by atoms with Crippen LogP contribution in [0, 0.1) is 10.1 Å². The van der Waals surface area contributed by atoms with Gasteiger partial charge >= 0.3 is 0 Å². The fourth-order valence-electron chi connectivity index (χ4n) is 2.97. The van der Waals surface area contributed by atoms with Crippen LogP contribution < -0.4 is 9.64 Å². The predicted molar refractivity (Wildman–Crippen MR) is 106 cm³/mol. The lowest BCUT2D eigenvalue weighted by Crippen LogP contribution is -2.49. The molecule has 2 aromatic rings. The van der Waals surface area contributed by atoms with Crippen LogP contribution in [-0.2, 0) is 4.79 Å². The molecule has 0 aromatic heterocycles. The van der Waals surface area contributed by atoms with E-state index in [9.17, 15) is 14.9 Å². The zero-order chi connectivity index (χ0) is 19.2. The van der Waals surface area contributed by atoms with Crippen molar-refractivity contribution >= 4 is 29.0 Å². The number of thioether (sulfide) groups is 1. The van der Waals surface area contributed by atoms with Gasteiger partial charge in [0.25, 0.3) is 5.69 Å². The Bertz CT molecular complexity index is 805. The van der Waals surface area contributed by atoms with Crippen molar-refractivity contribution in [1.29, 1.82) is 0 Å². The molecule has 1 amide bonds. The quantitative estimate of drug-likeness (QED) is 0.431. The zero-order valence-electron chi connectivity index (χ0n) is 15.0. The van der Waals surface area contributed by atoms with Crippen molar-refractivity contribution in [2.75, 3.05) is 43.9 Å². The van der Waals surface area contributed by atoms with Gasteiger partial charge in [-0.3, -0.25) is 14.9 Å². The maximum Gasteiger partial charge on any atom is 0.282 e. The number of methoxy groups -OCH3 is 1. The van der Waals surface area contributed by atoms with Gasteiger partial charge < -0.3 is 14.5 Å². The van der Waals surface area contributed by atoms with Gasteiger partial charge in [0.1, 0.15) is 5.75 Å². The fraction of sp³-hybridized carbons (Fsp3) is 0.316. The summed E-state index contributed by atoms with van der Waals surface area (Å²) in [5, 5.41) is 11.1. The summed E-state index contributed by atoms with van der Waals surface area (Å²) in [5.41, 5.74) is 1.15. The average Bonchev–Trinajstić information content (AvgIpc) is 2.72. The smallest absolute Gasteiger partial charge is 0.282 e. The summed E-state index contributed by atoms with van der Waals surface area (Å²) in [5.74, 6) is 1.03. The van der Waals surface area contributed by atoms with Crippen molar-refractivity contribution in [3.63, 3.8) is 0 Å². The molecule has 0 aliphatic carbocycles. The van der Waals surface area contributed by atoms with Gasteiger partial charge in [-0.2, -0.15) is 0 Å². The molecule has 0 saturated carbocycles. The molecule has 1 aliphatic heterocycles. The van der Waals surface area contributed by atoms with E-state index >= 15 is 0 Å². The lowest BCUT2D eigenvalue weighted by molar-refractivity contribution is -0.387. The van der Waals surface area contributed by atoms with Crippen LogP contribution in [0.3, 0.4) is 0 Å². The number of para-hydroxylation sites is 1. The molecule has 1 saturated heterocycles. The van der Waals surface area contributed by atoms with E-state index in [1.54, 1.807) is 25.3 Å². The van der Waals surface area contributed by atoms with Crippen LogP contribution in [0.5, 0.6) is 5.75 Å². The average molecular weight is 387 g/mol. The molecule has 8 heteroatoms. The van der Waals surface area contributed by atoms with Crippen LogP contribution >= 0.6 is 11.8 Å². The van der Waals surface area contributed by atoms with Gasteiger partial charge in [0.05, 0.1) is 22.7 Å². The molecule has 0 N–H and O–H groups in total. The van der Waals surface area contributed by atoms with E-state index in [4.69, 9.17) is 4.74 Å². The molecule has 0 bridgehead atoms. The first-order valence-electron chi connectivity index (χ1n) is 8.61. The number of rotatable bonds is 6. The van der Waals surface area contributed by atoms with Gasteiger partial charge in [-0.1, -0.05) is 12.1 Å². The third-order valence-corrected chi connectivity index (χ3v) is 5.53. The molecule has 27 heavy (non-hydrogen) atoms. The lowest BCUT2D eigenvalue weighted by atomic mass is 10.2. The van der Waals surface area contributed by atoms with Gasteiger partial charge in [-0.15, -0.1) is 11.8 Å². The first-order chi connectivity index (χ1) is 13.1. The molecule has 0 spiro atoms. The standard InChI is InChI=1S/C19H21N3O4S/c1-26-16-8-6-15(7-9-16)20-10-12-21(13-11-20)19(23)14-27-18-5-3-2-4-17(18)22(24)25/h2-9H,10-14H2,1H3. The molecule has 7 nitrogen and oxygen atoms in total. The fourth-order valence-corrected chi connectivity index (χ4v) is 3.89. The number of benzene rings is 2. The normalized spacial score (nSPS) is 14.1. The number of ether oxygens (including phenoxy) is 1. The summed E-state index contributed by atoms with van der Waals surface area (Å²) in [6, 6.07) is 14.4. The van der Waals surface area contributed by atoms with E-state index in [1.807, 2.05) is 29.2 Å². The number of anilines is 1. The number of carbonyl (C=O) groups is 1. The second-order valence-corrected chi connectivity index (χ2v) is 7.10. The number of hydrogen-bond donors (Lipinski definition) is 0. The van der Waals surface area contributed by atoms with Gasteiger partial charge in [0.15, 0.2) is 0 Å². The van der Waals surface area contributed by atoms with Crippen molar-refractivity contribution < 1.29 is 14.5 Å². The topological polar surface area (TPSA) is 75.9 Å². The van der Waals surface area contributed by atoms with E-state index < -0.39 is 4.92 Å². The van der Waals surface area contributed by atoms with Crippen LogP contribution in [0.4, 0.5) is 11.4 Å². The first kappa shape index (κ1) is 19.0. The minimum atomic E-state index is -0.416. The summed E-state index contributed by atoms with van der Waals surface area (Å²) >= 11 is 1.22. The first-order valence-corrected chi connectivity index (χ1v) is 9.60. The molecular weight excluding hydrogens is 366 g/mol. The molecule has 2 aromatic carbocycles. The highest BCUT2D eigenvalue weighted by Gasteiger charge is 2.22. The van der Waals surface area contributed by atoms with Crippen molar-refractivity contribution in [2.45, 2.75) is 4.90 Å². The molecule has 3 rings (SSSR count). The molecule has 0 atom stereocenters. The van der Waals surface area contributed by atoms with E-state index in [2.05, 4.69) is 4.90 Å². The number of nitro benzene ring substituents is 1. The van der Waals surface area contributed by atoms with Crippen molar-refractivity contribution in [2.24, 2.45) is 0 Å². The molecular formula is C19H21N3O4S. The van der Waals surface area contributed by atoms with Crippen molar-refractivity contribution in [3.05, 3.63) is 58.6 Å². The van der Waals surface area contributed by atoms with Gasteiger partial charge in [0, 0.05) is 37.9 Å². The summed E-state index contributed by atoms with van der Waals surface area (Å²) in [6.07, 6.45) is 0. The Morgan fingerprint density at radius 1 is 1.11 bits per heavy atom. The third-order valence-electron chi connectivity index (χ3n) is 4.48. The Kier molecular flexibility index (Phi) is 6.18. The minimum Gasteiger partial charge on any atom is -0.497 e. The second kappa shape index (κ2) is 8.77. The number of nitrogens with zero attached hydrogens (tertiary/aromatic N) is 3. The van der Waals surface area contributed by atoms with E-state index in [0.29, 0.717) is 18.0 Å². The SMILES string of the molecule is COc1ccc(N2CCN(C(=O)CSc3ccccc3[N+](=O)[O-])CC2)cc1. The maximum atomic E-state index is 12.5. The second-order valence-electron chi connectivity index (χ2n) is 6.08. The van der Waals surface area contributed by atoms with E-state index in [0.717, 1.165) is 24.5 Å². The van der Waals surface area contributed by atoms with Crippen LogP contribution in [0.1, 0.15) is 0 Å². The number of hydrogen-bond acceptors (Lipinski definition) is 6. The van der Waals surface area contributed by atoms with Crippen molar-refractivity contribution in [3.8, 4) is 5.75 Å². The van der Waals surface area contributed by atoms with Gasteiger partial charge in [-0.05, 0) is 30.3 Å². The molecule has 142 valence electrons. The number of carbonyl (C=O) groups excluding carboxylic acids is 1. The molecule has 0 radical (unpaired) electrons. The highest BCUT2D eigenvalue weighted by molar-refractivity contribution is 8.00. The molecule has 1 fully saturated rings. The van der Waals surface area contributed by atoms with E-state index in [-0.39, 0.29) is 17.3 Å². The van der Waals surface area contributed by atoms with E-state index in [1.165, 1.54) is 17.8 Å². The highest BCUT2D eigenvalue weighted by atomic mass is 32.2. The number of nitro groups is 1. The zero-order valence-corrected chi connectivity index (χ0v) is 15.9. The number of amides is 1. The highest BCUT2D eigenvalue weighted by Crippen LogP contribution is 2.29. The lowest BCUT2D eigenvalue weighted by Gasteiger charge is -2.36. The Morgan fingerprint density at radius 2 is 1.78 bits per heavy atom.